The number of hydrogen-bond acceptors (Lipinski definition) is 10. The van der Waals surface area contributed by atoms with E-state index in [4.69, 9.17) is 33.9 Å². The number of thioether (sulfide) groups is 1. The van der Waals surface area contributed by atoms with Gasteiger partial charge in [-0.05, 0) is 55.9 Å². The summed E-state index contributed by atoms with van der Waals surface area (Å²) in [5, 5.41) is 15.2. The van der Waals surface area contributed by atoms with Gasteiger partial charge in [0.05, 0.1) is 19.4 Å². The van der Waals surface area contributed by atoms with Crippen molar-refractivity contribution >= 4 is 35.3 Å². The van der Waals surface area contributed by atoms with E-state index in [1.165, 1.54) is 0 Å². The number of carbonyl (C=O) groups is 3. The van der Waals surface area contributed by atoms with Crippen LogP contribution in [0.4, 0.5) is 5.69 Å². The summed E-state index contributed by atoms with van der Waals surface area (Å²) in [5.41, 5.74) is 1.75. The Morgan fingerprint density at radius 3 is 2.41 bits per heavy atom. The van der Waals surface area contributed by atoms with E-state index in [0.717, 1.165) is 52.9 Å². The predicted molar refractivity (Wildman–Crippen MR) is 172 cm³/mol. The maximum Gasteiger partial charge on any atom is 0.328 e. The minimum atomic E-state index is -1.26. The minimum Gasteiger partial charge on any atom is -0.497 e. The van der Waals surface area contributed by atoms with Crippen molar-refractivity contribution < 1.29 is 48.3 Å². The lowest BCUT2D eigenvalue weighted by Crippen LogP contribution is -2.33. The molecule has 2 heterocycles. The van der Waals surface area contributed by atoms with Crippen molar-refractivity contribution in [1.29, 1.82) is 0 Å². The van der Waals surface area contributed by atoms with Gasteiger partial charge < -0.3 is 43.7 Å². The van der Waals surface area contributed by atoms with Crippen LogP contribution in [0, 0.1) is 0 Å². The number of aliphatic carboxylic acids is 2. The number of fused-ring (bicyclic) bond motifs is 2. The van der Waals surface area contributed by atoms with Gasteiger partial charge in [-0.25, -0.2) is 9.59 Å². The summed E-state index contributed by atoms with van der Waals surface area (Å²) in [6.45, 7) is 2.98. The van der Waals surface area contributed by atoms with E-state index >= 15 is 0 Å². The molecule has 12 nitrogen and oxygen atoms in total. The SMILES string of the molecule is COc1ccc(OCCCN(C)CCOc2ccc3c(c2)OCO3)c([C@H]2Sc3ccccc3N(C)C2=O)c1.O=C(O)C=CC(=O)O. The number of benzene rings is 3. The highest BCUT2D eigenvalue weighted by Gasteiger charge is 2.34. The van der Waals surface area contributed by atoms with Crippen LogP contribution in [0.15, 0.2) is 77.7 Å². The monoisotopic (exact) mass is 652 g/mol. The molecular formula is C33H36N2O10S. The number of likely N-dealkylation sites (N-methyl/N-ethyl adjacent to an activating group) is 2. The standard InChI is InChI=1S/C29H32N2O6S.C4H4O4/c1-30(14-16-34-21-10-12-25-26(18-21)37-19-36-25)13-6-15-35-24-11-9-20(33-3)17-22(24)28-29(32)31(2)23-7-4-5-8-27(23)38-28;5-3(6)1-2-4(7)8/h4-5,7-12,17-18,28H,6,13-16,19H2,1-3H3;1-2H,(H,5,6)(H,7,8)/t28-;/m1./s1. The molecule has 0 spiro atoms. The maximum atomic E-state index is 13.3. The average molecular weight is 653 g/mol. The molecule has 46 heavy (non-hydrogen) atoms. The van der Waals surface area contributed by atoms with Gasteiger partial charge in [0.2, 0.25) is 12.7 Å². The Hall–Kier alpha value is -4.88. The molecule has 3 aromatic rings. The Kier molecular flexibility index (Phi) is 12.1. The summed E-state index contributed by atoms with van der Waals surface area (Å²) in [5.74, 6) is 1.14. The quantitative estimate of drug-likeness (QED) is 0.195. The molecule has 0 aliphatic carbocycles. The topological polar surface area (TPSA) is 144 Å². The van der Waals surface area contributed by atoms with Crippen molar-refractivity contribution in [2.45, 2.75) is 16.6 Å². The van der Waals surface area contributed by atoms with Crippen molar-refractivity contribution in [3.8, 4) is 28.7 Å². The summed E-state index contributed by atoms with van der Waals surface area (Å²) in [7, 11) is 5.51. The van der Waals surface area contributed by atoms with Crippen LogP contribution in [-0.2, 0) is 14.4 Å². The molecular weight excluding hydrogens is 616 g/mol. The van der Waals surface area contributed by atoms with Gasteiger partial charge >= 0.3 is 11.9 Å². The molecule has 5 rings (SSSR count). The van der Waals surface area contributed by atoms with Gasteiger partial charge in [0.25, 0.3) is 0 Å². The number of carboxylic acids is 2. The van der Waals surface area contributed by atoms with E-state index in [0.29, 0.717) is 36.9 Å². The Morgan fingerprint density at radius 1 is 0.957 bits per heavy atom. The van der Waals surface area contributed by atoms with Crippen LogP contribution in [-0.4, -0.2) is 87.3 Å². The number of rotatable bonds is 13. The number of hydrogen-bond donors (Lipinski definition) is 2. The van der Waals surface area contributed by atoms with Crippen LogP contribution in [0.1, 0.15) is 17.2 Å². The zero-order chi connectivity index (χ0) is 33.1. The highest BCUT2D eigenvalue weighted by Crippen LogP contribution is 2.48. The first-order chi connectivity index (χ1) is 22.2. The fourth-order valence-corrected chi connectivity index (χ4v) is 5.86. The van der Waals surface area contributed by atoms with Crippen molar-refractivity contribution in [2.24, 2.45) is 0 Å². The summed E-state index contributed by atoms with van der Waals surface area (Å²) < 4.78 is 28.3. The van der Waals surface area contributed by atoms with Crippen LogP contribution in [0.5, 0.6) is 28.7 Å². The van der Waals surface area contributed by atoms with E-state index in [-0.39, 0.29) is 12.7 Å². The molecule has 2 aliphatic rings. The molecule has 0 fully saturated rings. The van der Waals surface area contributed by atoms with Crippen LogP contribution in [0.2, 0.25) is 0 Å². The second-order valence-electron chi connectivity index (χ2n) is 10.1. The largest absolute Gasteiger partial charge is 0.497 e. The lowest BCUT2D eigenvalue weighted by atomic mass is 10.1. The normalized spacial score (nSPS) is 14.8. The van der Waals surface area contributed by atoms with Crippen LogP contribution in [0.25, 0.3) is 0 Å². The first-order valence-electron chi connectivity index (χ1n) is 14.3. The third-order valence-corrected chi connectivity index (χ3v) is 8.21. The molecule has 0 saturated heterocycles. The molecule has 0 bridgehead atoms. The highest BCUT2D eigenvalue weighted by atomic mass is 32.2. The molecule has 0 saturated carbocycles. The Bertz CT molecular complexity index is 1550. The third kappa shape index (κ3) is 9.31. The molecule has 0 radical (unpaired) electrons. The van der Waals surface area contributed by atoms with Crippen LogP contribution < -0.4 is 28.6 Å². The van der Waals surface area contributed by atoms with Crippen molar-refractivity contribution in [3.63, 3.8) is 0 Å². The molecule has 244 valence electrons. The van der Waals surface area contributed by atoms with Crippen LogP contribution >= 0.6 is 11.8 Å². The molecule has 0 aromatic heterocycles. The van der Waals surface area contributed by atoms with Crippen molar-refractivity contribution in [3.05, 3.63) is 78.4 Å². The number of anilines is 1. The molecule has 2 aliphatic heterocycles. The number of ether oxygens (including phenoxy) is 5. The number of para-hydroxylation sites is 1. The fraction of sp³-hybridized carbons (Fsp3) is 0.303. The van der Waals surface area contributed by atoms with Crippen LogP contribution in [0.3, 0.4) is 0 Å². The average Bonchev–Trinajstić information content (AvgIpc) is 3.52. The second kappa shape index (κ2) is 16.4. The van der Waals surface area contributed by atoms with Gasteiger partial charge in [-0.2, -0.15) is 0 Å². The number of carbonyl (C=O) groups excluding carboxylic acids is 1. The lowest BCUT2D eigenvalue weighted by Gasteiger charge is -2.32. The maximum absolute atomic E-state index is 13.3. The molecule has 2 N–H and O–H groups in total. The highest BCUT2D eigenvalue weighted by molar-refractivity contribution is 8.00. The van der Waals surface area contributed by atoms with Crippen molar-refractivity contribution in [1.82, 2.24) is 4.90 Å². The Balaban J connectivity index is 0.000000533. The van der Waals surface area contributed by atoms with E-state index in [1.54, 1.807) is 23.8 Å². The summed E-state index contributed by atoms with van der Waals surface area (Å²) in [6.07, 6.45) is 1.95. The number of carboxylic acid groups (broad SMARTS) is 2. The smallest absolute Gasteiger partial charge is 0.328 e. The molecule has 3 aromatic carbocycles. The molecule has 0 unspecified atom stereocenters. The Labute approximate surface area is 271 Å². The number of methoxy groups -OCH3 is 1. The fourth-order valence-electron chi connectivity index (χ4n) is 4.55. The van der Waals surface area contributed by atoms with Gasteiger partial charge in [0, 0.05) is 48.8 Å². The van der Waals surface area contributed by atoms with Gasteiger partial charge in [-0.15, -0.1) is 11.8 Å². The van der Waals surface area contributed by atoms with Crippen molar-refractivity contribution in [2.75, 3.05) is 59.2 Å². The predicted octanol–water partition coefficient (Wildman–Crippen LogP) is 4.73. The van der Waals surface area contributed by atoms with E-state index in [1.807, 2.05) is 67.7 Å². The molecule has 1 amide bonds. The first-order valence-corrected chi connectivity index (χ1v) is 15.2. The van der Waals surface area contributed by atoms with E-state index in [2.05, 4.69) is 11.9 Å². The zero-order valence-corrected chi connectivity index (χ0v) is 26.5. The molecule has 1 atom stereocenters. The Morgan fingerprint density at radius 2 is 1.67 bits per heavy atom. The summed E-state index contributed by atoms with van der Waals surface area (Å²) >= 11 is 1.55. The van der Waals surface area contributed by atoms with E-state index < -0.39 is 17.2 Å². The second-order valence-corrected chi connectivity index (χ2v) is 11.3. The molecule has 13 heteroatoms. The lowest BCUT2D eigenvalue weighted by molar-refractivity contribution is -0.134. The zero-order valence-electron chi connectivity index (χ0n) is 25.7. The third-order valence-electron chi connectivity index (χ3n) is 6.92. The van der Waals surface area contributed by atoms with Gasteiger partial charge in [-0.3, -0.25) is 4.79 Å². The first kappa shape index (κ1) is 34.0. The van der Waals surface area contributed by atoms with Gasteiger partial charge in [0.15, 0.2) is 11.5 Å². The number of nitrogens with zero attached hydrogens (tertiary/aromatic N) is 2. The number of amides is 1. The van der Waals surface area contributed by atoms with E-state index in [9.17, 15) is 14.4 Å². The van der Waals surface area contributed by atoms with Gasteiger partial charge in [0.1, 0.15) is 29.1 Å². The summed E-state index contributed by atoms with van der Waals surface area (Å²) in [4.78, 5) is 37.4. The summed E-state index contributed by atoms with van der Waals surface area (Å²) in [6, 6.07) is 19.2. The minimum absolute atomic E-state index is 0.0222. The van der Waals surface area contributed by atoms with Gasteiger partial charge in [-0.1, -0.05) is 12.1 Å².